The molecular weight excluding hydrogens is 286 g/mol. The van der Waals surface area contributed by atoms with Gasteiger partial charge in [-0.05, 0) is 49.5 Å². The Morgan fingerprint density at radius 1 is 1.43 bits per heavy atom. The van der Waals surface area contributed by atoms with Gasteiger partial charge in [0.2, 0.25) is 0 Å². The van der Waals surface area contributed by atoms with Crippen LogP contribution in [0.25, 0.3) is 0 Å². The van der Waals surface area contributed by atoms with Gasteiger partial charge in [-0.15, -0.1) is 5.10 Å². The van der Waals surface area contributed by atoms with E-state index in [1.807, 2.05) is 45.0 Å². The van der Waals surface area contributed by atoms with E-state index in [9.17, 15) is 4.79 Å². The van der Waals surface area contributed by atoms with Crippen LogP contribution >= 0.6 is 11.5 Å². The average molecular weight is 305 g/mol. The Kier molecular flexibility index (Phi) is 5.27. The van der Waals surface area contributed by atoms with Crippen molar-refractivity contribution in [1.29, 1.82) is 0 Å². The number of rotatable bonds is 6. The minimum absolute atomic E-state index is 0.107. The van der Waals surface area contributed by atoms with E-state index < -0.39 is 0 Å². The number of carbonyl (C=O) groups is 1. The summed E-state index contributed by atoms with van der Waals surface area (Å²) in [6, 6.07) is 7.64. The summed E-state index contributed by atoms with van der Waals surface area (Å²) in [5, 5.41) is 6.94. The molecule has 21 heavy (non-hydrogen) atoms. The lowest BCUT2D eigenvalue weighted by atomic mass is 10.1. The molecule has 1 unspecified atom stereocenters. The average Bonchev–Trinajstić information content (AvgIpc) is 2.96. The van der Waals surface area contributed by atoms with Gasteiger partial charge in [-0.3, -0.25) is 4.79 Å². The quantitative estimate of drug-likeness (QED) is 0.891. The van der Waals surface area contributed by atoms with Gasteiger partial charge in [0, 0.05) is 0 Å². The summed E-state index contributed by atoms with van der Waals surface area (Å²) >= 11 is 1.13. The second kappa shape index (κ2) is 7.17. The number of ether oxygens (including phenoxy) is 1. The zero-order chi connectivity index (χ0) is 15.2. The van der Waals surface area contributed by atoms with E-state index in [0.29, 0.717) is 17.9 Å². The van der Waals surface area contributed by atoms with Crippen LogP contribution in [-0.2, 0) is 6.42 Å². The highest BCUT2D eigenvalue weighted by Gasteiger charge is 2.17. The molecule has 5 nitrogen and oxygen atoms in total. The maximum Gasteiger partial charge on any atom is 0.265 e. The maximum atomic E-state index is 12.3. The molecular formula is C15H19N3O2S. The molecule has 0 fully saturated rings. The van der Waals surface area contributed by atoms with E-state index in [1.54, 1.807) is 0 Å². The molecule has 0 aliphatic rings. The zero-order valence-corrected chi connectivity index (χ0v) is 13.2. The van der Waals surface area contributed by atoms with Gasteiger partial charge in [0.1, 0.15) is 10.6 Å². The molecule has 2 aromatic rings. The normalized spacial score (nSPS) is 12.0. The molecule has 1 aromatic heterocycles. The molecule has 2 rings (SSSR count). The largest absolute Gasteiger partial charge is 0.494 e. The molecule has 0 radical (unpaired) electrons. The molecule has 0 saturated carbocycles. The lowest BCUT2D eigenvalue weighted by Gasteiger charge is -2.15. The third kappa shape index (κ3) is 3.78. The highest BCUT2D eigenvalue weighted by Crippen LogP contribution is 2.20. The van der Waals surface area contributed by atoms with Crippen LogP contribution in [0.1, 0.15) is 47.7 Å². The Morgan fingerprint density at radius 2 is 2.24 bits per heavy atom. The molecule has 0 saturated heterocycles. The molecule has 112 valence electrons. The van der Waals surface area contributed by atoms with Gasteiger partial charge in [-0.2, -0.15) is 0 Å². The van der Waals surface area contributed by atoms with E-state index in [1.165, 1.54) is 0 Å². The van der Waals surface area contributed by atoms with Crippen molar-refractivity contribution in [3.8, 4) is 5.75 Å². The fourth-order valence-corrected chi connectivity index (χ4v) is 2.65. The molecule has 6 heteroatoms. The van der Waals surface area contributed by atoms with Crippen LogP contribution in [0.15, 0.2) is 24.3 Å². The van der Waals surface area contributed by atoms with Crippen LogP contribution in [0.3, 0.4) is 0 Å². The van der Waals surface area contributed by atoms with Gasteiger partial charge in [0.25, 0.3) is 5.91 Å². The first kappa shape index (κ1) is 15.4. The molecule has 0 aliphatic heterocycles. The van der Waals surface area contributed by atoms with Crippen molar-refractivity contribution in [1.82, 2.24) is 14.9 Å². The van der Waals surface area contributed by atoms with Gasteiger partial charge < -0.3 is 10.1 Å². The van der Waals surface area contributed by atoms with E-state index in [-0.39, 0.29) is 11.9 Å². The minimum Gasteiger partial charge on any atom is -0.494 e. The third-order valence-corrected chi connectivity index (χ3v) is 3.88. The Morgan fingerprint density at radius 3 is 2.95 bits per heavy atom. The summed E-state index contributed by atoms with van der Waals surface area (Å²) in [5.41, 5.74) is 1.75. The van der Waals surface area contributed by atoms with Crippen molar-refractivity contribution >= 4 is 17.4 Å². The molecule has 0 bridgehead atoms. The van der Waals surface area contributed by atoms with Crippen LogP contribution < -0.4 is 10.1 Å². The molecule has 0 aliphatic carbocycles. The van der Waals surface area contributed by atoms with E-state index in [2.05, 4.69) is 14.9 Å². The summed E-state index contributed by atoms with van der Waals surface area (Å²) in [5.74, 6) is 0.681. The topological polar surface area (TPSA) is 64.1 Å². The maximum absolute atomic E-state index is 12.3. The second-order valence-electron chi connectivity index (χ2n) is 4.60. The number of hydrogen-bond acceptors (Lipinski definition) is 5. The third-order valence-electron chi connectivity index (χ3n) is 3.11. The van der Waals surface area contributed by atoms with E-state index >= 15 is 0 Å². The zero-order valence-electron chi connectivity index (χ0n) is 12.4. The summed E-state index contributed by atoms with van der Waals surface area (Å²) in [7, 11) is 0. The van der Waals surface area contributed by atoms with Gasteiger partial charge in [0.05, 0.1) is 18.3 Å². The first-order valence-electron chi connectivity index (χ1n) is 7.00. The van der Waals surface area contributed by atoms with Gasteiger partial charge in [0.15, 0.2) is 0 Å². The van der Waals surface area contributed by atoms with Crippen molar-refractivity contribution in [2.45, 2.75) is 33.2 Å². The fourth-order valence-electron chi connectivity index (χ4n) is 2.00. The van der Waals surface area contributed by atoms with Crippen LogP contribution in [-0.4, -0.2) is 22.1 Å². The first-order valence-corrected chi connectivity index (χ1v) is 7.77. The SMILES string of the molecule is CCOc1cccc(C(C)NC(=O)c2snnc2CC)c1. The van der Waals surface area contributed by atoms with E-state index in [4.69, 9.17) is 4.74 Å². The number of hydrogen-bond donors (Lipinski definition) is 1. The van der Waals surface area contributed by atoms with Crippen molar-refractivity contribution in [3.63, 3.8) is 0 Å². The summed E-state index contributed by atoms with van der Waals surface area (Å²) < 4.78 is 9.32. The van der Waals surface area contributed by atoms with Gasteiger partial charge in [-0.1, -0.05) is 23.5 Å². The molecule has 1 atom stereocenters. The monoisotopic (exact) mass is 305 g/mol. The molecule has 1 heterocycles. The van der Waals surface area contributed by atoms with Crippen molar-refractivity contribution < 1.29 is 9.53 Å². The van der Waals surface area contributed by atoms with Crippen LogP contribution in [0.2, 0.25) is 0 Å². The summed E-state index contributed by atoms with van der Waals surface area (Å²) in [6.45, 7) is 6.48. The Bertz CT molecular complexity index is 612. The number of carbonyl (C=O) groups excluding carboxylic acids is 1. The lowest BCUT2D eigenvalue weighted by Crippen LogP contribution is -2.26. The predicted octanol–water partition coefficient (Wildman–Crippen LogP) is 2.99. The standard InChI is InChI=1S/C15H19N3O2S/c1-4-13-14(21-18-17-13)15(19)16-10(3)11-7-6-8-12(9-11)20-5-2/h6-10H,4-5H2,1-3H3,(H,16,19). The number of nitrogens with one attached hydrogen (secondary N) is 1. The Labute approximate surface area is 128 Å². The van der Waals surface area contributed by atoms with Crippen LogP contribution in [0, 0.1) is 0 Å². The van der Waals surface area contributed by atoms with Crippen molar-refractivity contribution in [2.75, 3.05) is 6.61 Å². The predicted molar refractivity (Wildman–Crippen MR) is 82.8 cm³/mol. The number of amides is 1. The molecule has 1 aromatic carbocycles. The Balaban J connectivity index is 2.08. The summed E-state index contributed by atoms with van der Waals surface area (Å²) in [6.07, 6.45) is 0.702. The molecule has 1 N–H and O–H groups in total. The lowest BCUT2D eigenvalue weighted by molar-refractivity contribution is 0.0943. The highest BCUT2D eigenvalue weighted by molar-refractivity contribution is 7.08. The Hall–Kier alpha value is -1.95. The van der Waals surface area contributed by atoms with Crippen LogP contribution in [0.5, 0.6) is 5.75 Å². The highest BCUT2D eigenvalue weighted by atomic mass is 32.1. The molecule has 1 amide bonds. The first-order chi connectivity index (χ1) is 10.2. The van der Waals surface area contributed by atoms with Crippen molar-refractivity contribution in [2.24, 2.45) is 0 Å². The van der Waals surface area contributed by atoms with E-state index in [0.717, 1.165) is 28.5 Å². The molecule has 0 spiro atoms. The van der Waals surface area contributed by atoms with Crippen LogP contribution in [0.4, 0.5) is 0 Å². The van der Waals surface area contributed by atoms with Crippen molar-refractivity contribution in [3.05, 3.63) is 40.4 Å². The fraction of sp³-hybridized carbons (Fsp3) is 0.400. The second-order valence-corrected chi connectivity index (χ2v) is 5.36. The minimum atomic E-state index is -0.129. The van der Waals surface area contributed by atoms with Gasteiger partial charge >= 0.3 is 0 Å². The summed E-state index contributed by atoms with van der Waals surface area (Å²) in [4.78, 5) is 12.9. The number of nitrogens with zero attached hydrogens (tertiary/aromatic N) is 2. The van der Waals surface area contributed by atoms with Gasteiger partial charge in [-0.25, -0.2) is 0 Å². The number of aryl methyl sites for hydroxylation is 1. The number of aromatic nitrogens is 2. The smallest absolute Gasteiger partial charge is 0.265 e. The number of benzene rings is 1.